The Labute approximate surface area is 141 Å². The van der Waals surface area contributed by atoms with Crippen molar-refractivity contribution in [3.63, 3.8) is 0 Å². The summed E-state index contributed by atoms with van der Waals surface area (Å²) in [6.45, 7) is 3.65. The molecule has 2 heterocycles. The average Bonchev–Trinajstić information content (AvgIpc) is 3.22. The van der Waals surface area contributed by atoms with Gasteiger partial charge in [-0.2, -0.15) is 0 Å². The number of amides is 1. The number of aryl methyl sites for hydroxylation is 1. The molecule has 0 unspecified atom stereocenters. The van der Waals surface area contributed by atoms with E-state index in [1.807, 2.05) is 35.2 Å². The number of ether oxygens (including phenoxy) is 1. The van der Waals surface area contributed by atoms with Gasteiger partial charge in [-0.05, 0) is 12.8 Å². The molecule has 0 radical (unpaired) electrons. The minimum absolute atomic E-state index is 0.0553. The molecule has 1 saturated heterocycles. The Morgan fingerprint density at radius 3 is 2.71 bits per heavy atom. The number of carbonyl (C=O) groups excluding carboxylic acids is 1. The van der Waals surface area contributed by atoms with Gasteiger partial charge in [0.15, 0.2) is 17.3 Å². The van der Waals surface area contributed by atoms with Crippen molar-refractivity contribution in [3.05, 3.63) is 41.9 Å². The second-order valence-corrected chi connectivity index (χ2v) is 6.74. The molecular formula is C19H22N2O3. The van der Waals surface area contributed by atoms with E-state index in [9.17, 15) is 4.79 Å². The van der Waals surface area contributed by atoms with E-state index >= 15 is 0 Å². The monoisotopic (exact) mass is 326 g/mol. The quantitative estimate of drug-likeness (QED) is 0.848. The first-order valence-corrected chi connectivity index (χ1v) is 8.63. The van der Waals surface area contributed by atoms with Gasteiger partial charge >= 0.3 is 0 Å². The third kappa shape index (κ3) is 2.73. The third-order valence-electron chi connectivity index (χ3n) is 5.02. The number of aromatic nitrogens is 1. The molecular weight excluding hydrogens is 304 g/mol. The molecule has 126 valence electrons. The largest absolute Gasteiger partial charge is 0.440 e. The molecule has 0 N–H and O–H groups in total. The summed E-state index contributed by atoms with van der Waals surface area (Å²) in [6, 6.07) is 9.69. The summed E-state index contributed by atoms with van der Waals surface area (Å²) in [5, 5.41) is 0. The van der Waals surface area contributed by atoms with E-state index in [0.717, 1.165) is 18.4 Å². The highest BCUT2D eigenvalue weighted by molar-refractivity contribution is 5.97. The Hall–Kier alpha value is -2.14. The molecule has 5 nitrogen and oxygen atoms in total. The van der Waals surface area contributed by atoms with E-state index in [1.54, 1.807) is 6.92 Å². The van der Waals surface area contributed by atoms with Crippen molar-refractivity contribution in [3.8, 4) is 11.3 Å². The zero-order chi connectivity index (χ0) is 16.6. The number of rotatable bonds is 2. The summed E-state index contributed by atoms with van der Waals surface area (Å²) in [5.41, 5.74) is 1.15. The molecule has 5 heteroatoms. The van der Waals surface area contributed by atoms with Crippen molar-refractivity contribution < 1.29 is 13.9 Å². The molecule has 2 aliphatic rings. The summed E-state index contributed by atoms with van der Waals surface area (Å²) in [6.07, 6.45) is 4.45. The maximum Gasteiger partial charge on any atom is 0.276 e. The molecule has 2 aromatic rings. The summed E-state index contributed by atoms with van der Waals surface area (Å²) < 4.78 is 11.8. The van der Waals surface area contributed by atoms with E-state index < -0.39 is 0 Å². The second kappa shape index (κ2) is 6.06. The Balaban J connectivity index is 1.63. The number of benzene rings is 1. The predicted molar refractivity (Wildman–Crippen MR) is 89.7 cm³/mol. The first kappa shape index (κ1) is 15.4. The van der Waals surface area contributed by atoms with Crippen LogP contribution in [0.3, 0.4) is 0 Å². The van der Waals surface area contributed by atoms with Crippen molar-refractivity contribution >= 4 is 5.91 Å². The lowest BCUT2D eigenvalue weighted by Gasteiger charge is -2.40. The standard InChI is InChI=1S/C19H22N2O3/c1-14-20-16(17(24-14)15-7-3-2-4-8-15)18(22)21-11-12-23-19(13-21)9-5-6-10-19/h2-4,7-8H,5-6,9-13H2,1H3. The molecule has 24 heavy (non-hydrogen) atoms. The highest BCUT2D eigenvalue weighted by atomic mass is 16.5. The molecule has 0 atom stereocenters. The molecule has 1 aliphatic carbocycles. The van der Waals surface area contributed by atoms with Gasteiger partial charge < -0.3 is 14.1 Å². The fourth-order valence-electron chi connectivity index (χ4n) is 3.85. The van der Waals surface area contributed by atoms with Crippen molar-refractivity contribution in [2.45, 2.75) is 38.2 Å². The lowest BCUT2D eigenvalue weighted by Crippen LogP contribution is -2.52. The van der Waals surface area contributed by atoms with Crippen LogP contribution >= 0.6 is 0 Å². The van der Waals surface area contributed by atoms with Crippen LogP contribution in [0.2, 0.25) is 0 Å². The van der Waals surface area contributed by atoms with Crippen LogP contribution < -0.4 is 0 Å². The van der Waals surface area contributed by atoms with Gasteiger partial charge in [0.1, 0.15) is 0 Å². The molecule has 1 amide bonds. The minimum Gasteiger partial charge on any atom is -0.440 e. The van der Waals surface area contributed by atoms with E-state index in [4.69, 9.17) is 9.15 Å². The Morgan fingerprint density at radius 1 is 1.21 bits per heavy atom. The number of morpholine rings is 1. The maximum atomic E-state index is 13.1. The van der Waals surface area contributed by atoms with Gasteiger partial charge in [0.25, 0.3) is 5.91 Å². The van der Waals surface area contributed by atoms with Crippen LogP contribution in [0.1, 0.15) is 42.1 Å². The van der Waals surface area contributed by atoms with Crippen LogP contribution in [-0.4, -0.2) is 41.1 Å². The number of hydrogen-bond acceptors (Lipinski definition) is 4. The van der Waals surface area contributed by atoms with Crippen LogP contribution in [0.15, 0.2) is 34.7 Å². The number of nitrogens with zero attached hydrogens (tertiary/aromatic N) is 2. The molecule has 1 spiro atoms. The predicted octanol–water partition coefficient (Wildman–Crippen LogP) is 3.44. The maximum absolute atomic E-state index is 13.1. The van der Waals surface area contributed by atoms with E-state index in [2.05, 4.69) is 4.98 Å². The zero-order valence-electron chi connectivity index (χ0n) is 14.0. The normalized spacial score (nSPS) is 19.8. The van der Waals surface area contributed by atoms with Crippen LogP contribution in [0.25, 0.3) is 11.3 Å². The zero-order valence-corrected chi connectivity index (χ0v) is 14.0. The number of oxazole rings is 1. The van der Waals surface area contributed by atoms with Crippen LogP contribution in [0.5, 0.6) is 0 Å². The van der Waals surface area contributed by atoms with E-state index in [1.165, 1.54) is 12.8 Å². The molecule has 1 aromatic heterocycles. The lowest BCUT2D eigenvalue weighted by atomic mass is 9.99. The molecule has 2 fully saturated rings. The molecule has 1 aliphatic heterocycles. The Morgan fingerprint density at radius 2 is 1.96 bits per heavy atom. The Kier molecular flexibility index (Phi) is 3.88. The van der Waals surface area contributed by atoms with Crippen molar-refractivity contribution in [1.82, 2.24) is 9.88 Å². The van der Waals surface area contributed by atoms with Gasteiger partial charge in [-0.3, -0.25) is 4.79 Å². The number of hydrogen-bond donors (Lipinski definition) is 0. The average molecular weight is 326 g/mol. The topological polar surface area (TPSA) is 55.6 Å². The minimum atomic E-state index is -0.139. The second-order valence-electron chi connectivity index (χ2n) is 6.74. The van der Waals surface area contributed by atoms with Crippen molar-refractivity contribution in [2.24, 2.45) is 0 Å². The molecule has 0 bridgehead atoms. The lowest BCUT2D eigenvalue weighted by molar-refractivity contribution is -0.0949. The fraction of sp³-hybridized carbons (Fsp3) is 0.474. The van der Waals surface area contributed by atoms with Gasteiger partial charge in [-0.1, -0.05) is 43.2 Å². The number of carbonyl (C=O) groups is 1. The fourth-order valence-corrected chi connectivity index (χ4v) is 3.85. The van der Waals surface area contributed by atoms with Crippen molar-refractivity contribution in [1.29, 1.82) is 0 Å². The SMILES string of the molecule is Cc1nc(C(=O)N2CCOC3(CCCC3)C2)c(-c2ccccc2)o1. The van der Waals surface area contributed by atoms with Crippen LogP contribution in [0.4, 0.5) is 0 Å². The third-order valence-corrected chi connectivity index (χ3v) is 5.02. The highest BCUT2D eigenvalue weighted by Gasteiger charge is 2.41. The first-order chi connectivity index (χ1) is 11.7. The molecule has 1 aromatic carbocycles. The van der Waals surface area contributed by atoms with E-state index in [0.29, 0.717) is 37.0 Å². The summed E-state index contributed by atoms with van der Waals surface area (Å²) in [4.78, 5) is 19.4. The van der Waals surface area contributed by atoms with Gasteiger partial charge in [-0.25, -0.2) is 4.98 Å². The summed E-state index contributed by atoms with van der Waals surface area (Å²) >= 11 is 0. The summed E-state index contributed by atoms with van der Waals surface area (Å²) in [5.74, 6) is 1.02. The Bertz CT molecular complexity index is 732. The smallest absolute Gasteiger partial charge is 0.276 e. The van der Waals surface area contributed by atoms with Gasteiger partial charge in [0.2, 0.25) is 0 Å². The summed E-state index contributed by atoms with van der Waals surface area (Å²) in [7, 11) is 0. The van der Waals surface area contributed by atoms with Crippen LogP contribution in [-0.2, 0) is 4.74 Å². The first-order valence-electron chi connectivity index (χ1n) is 8.63. The van der Waals surface area contributed by atoms with Crippen molar-refractivity contribution in [2.75, 3.05) is 19.7 Å². The van der Waals surface area contributed by atoms with Crippen LogP contribution in [0, 0.1) is 6.92 Å². The van der Waals surface area contributed by atoms with E-state index in [-0.39, 0.29) is 11.5 Å². The van der Waals surface area contributed by atoms with Gasteiger partial charge in [0, 0.05) is 19.0 Å². The highest BCUT2D eigenvalue weighted by Crippen LogP contribution is 2.36. The van der Waals surface area contributed by atoms with Gasteiger partial charge in [0.05, 0.1) is 18.8 Å². The molecule has 1 saturated carbocycles. The van der Waals surface area contributed by atoms with Gasteiger partial charge in [-0.15, -0.1) is 0 Å². The molecule has 4 rings (SSSR count).